The third kappa shape index (κ3) is 3.25. The van der Waals surface area contributed by atoms with Gasteiger partial charge in [0.2, 0.25) is 0 Å². The van der Waals surface area contributed by atoms with E-state index in [1.54, 1.807) is 0 Å². The molecule has 0 spiro atoms. The van der Waals surface area contributed by atoms with Crippen LogP contribution in [-0.4, -0.2) is 6.61 Å². The Bertz CT molecular complexity index is 613. The van der Waals surface area contributed by atoms with Gasteiger partial charge in [-0.1, -0.05) is 50.1 Å². The number of hydrogen-bond donors (Lipinski definition) is 1. The van der Waals surface area contributed by atoms with Crippen molar-refractivity contribution < 1.29 is 4.74 Å². The van der Waals surface area contributed by atoms with Crippen LogP contribution in [0.25, 0.3) is 0 Å². The molecule has 2 rings (SSSR count). The number of nitrogens with two attached hydrogens (primary N) is 1. The van der Waals surface area contributed by atoms with E-state index < -0.39 is 0 Å². The van der Waals surface area contributed by atoms with Crippen molar-refractivity contribution in [3.8, 4) is 5.75 Å². The highest BCUT2D eigenvalue weighted by atomic mass is 79.9. The van der Waals surface area contributed by atoms with E-state index >= 15 is 0 Å². The molecule has 0 saturated carbocycles. The van der Waals surface area contributed by atoms with Crippen LogP contribution >= 0.6 is 31.9 Å². The van der Waals surface area contributed by atoms with Gasteiger partial charge in [-0.25, -0.2) is 0 Å². The van der Waals surface area contributed by atoms with E-state index in [-0.39, 0.29) is 6.04 Å². The third-order valence-electron chi connectivity index (χ3n) is 3.26. The minimum Gasteiger partial charge on any atom is -0.494 e. The van der Waals surface area contributed by atoms with Crippen LogP contribution in [0.3, 0.4) is 0 Å². The number of hydrogen-bond acceptors (Lipinski definition) is 2. The molecule has 1 unspecified atom stereocenters. The number of benzene rings is 2. The van der Waals surface area contributed by atoms with Crippen LogP contribution in [0.2, 0.25) is 0 Å². The average Bonchev–Trinajstić information content (AvgIpc) is 2.42. The Balaban J connectivity index is 2.38. The zero-order chi connectivity index (χ0) is 14.7. The number of halogens is 2. The summed E-state index contributed by atoms with van der Waals surface area (Å²) >= 11 is 7.14. The Labute approximate surface area is 136 Å². The van der Waals surface area contributed by atoms with E-state index in [4.69, 9.17) is 10.5 Å². The van der Waals surface area contributed by atoms with E-state index in [1.807, 2.05) is 37.3 Å². The van der Waals surface area contributed by atoms with Gasteiger partial charge in [-0.3, -0.25) is 0 Å². The molecule has 0 aliphatic carbocycles. The van der Waals surface area contributed by atoms with Gasteiger partial charge >= 0.3 is 0 Å². The monoisotopic (exact) mass is 397 g/mol. The van der Waals surface area contributed by atoms with Gasteiger partial charge in [-0.05, 0) is 48.7 Å². The summed E-state index contributed by atoms with van der Waals surface area (Å²) in [4.78, 5) is 0. The summed E-state index contributed by atoms with van der Waals surface area (Å²) in [6.45, 7) is 4.70. The zero-order valence-electron chi connectivity index (χ0n) is 11.5. The second-order valence-corrected chi connectivity index (χ2v) is 6.26. The smallest absolute Gasteiger partial charge is 0.120 e. The van der Waals surface area contributed by atoms with Crippen molar-refractivity contribution in [2.24, 2.45) is 5.73 Å². The summed E-state index contributed by atoms with van der Waals surface area (Å²) in [6, 6.07) is 11.9. The molecule has 0 aliphatic rings. The lowest BCUT2D eigenvalue weighted by atomic mass is 9.96. The summed E-state index contributed by atoms with van der Waals surface area (Å²) in [7, 11) is 0. The first-order chi connectivity index (χ1) is 9.54. The summed E-state index contributed by atoms with van der Waals surface area (Å²) in [5.41, 5.74) is 9.75. The minimum atomic E-state index is -0.169. The summed E-state index contributed by atoms with van der Waals surface area (Å²) < 4.78 is 7.54. The fourth-order valence-corrected chi connectivity index (χ4v) is 3.13. The molecule has 0 fully saturated rings. The maximum absolute atomic E-state index is 6.42. The van der Waals surface area contributed by atoms with Gasteiger partial charge in [0.15, 0.2) is 0 Å². The van der Waals surface area contributed by atoms with Crippen molar-refractivity contribution in [1.29, 1.82) is 0 Å². The molecule has 0 aromatic heterocycles. The number of rotatable bonds is 4. The van der Waals surface area contributed by atoms with Crippen LogP contribution in [0.4, 0.5) is 0 Å². The van der Waals surface area contributed by atoms with Gasteiger partial charge < -0.3 is 10.5 Å². The molecule has 0 heterocycles. The molecule has 0 radical (unpaired) electrons. The van der Waals surface area contributed by atoms with E-state index in [1.165, 1.54) is 5.56 Å². The highest BCUT2D eigenvalue weighted by Gasteiger charge is 2.15. The van der Waals surface area contributed by atoms with Gasteiger partial charge in [-0.15, -0.1) is 0 Å². The SMILES string of the molecule is CCOc1ccc(C(N)c2cccc(Br)c2C)c(Br)c1. The van der Waals surface area contributed by atoms with Gasteiger partial charge in [-0.2, -0.15) is 0 Å². The van der Waals surface area contributed by atoms with Crippen LogP contribution in [-0.2, 0) is 0 Å². The lowest BCUT2D eigenvalue weighted by Gasteiger charge is -2.18. The second-order valence-electron chi connectivity index (χ2n) is 4.55. The standard InChI is InChI=1S/C16H17Br2NO/c1-3-20-11-7-8-13(15(18)9-11)16(19)12-5-4-6-14(17)10(12)2/h4-9,16H,3,19H2,1-2H3. The second kappa shape index (κ2) is 6.74. The molecule has 2 N–H and O–H groups in total. The highest BCUT2D eigenvalue weighted by Crippen LogP contribution is 2.33. The average molecular weight is 399 g/mol. The topological polar surface area (TPSA) is 35.2 Å². The first-order valence-electron chi connectivity index (χ1n) is 6.47. The Hall–Kier alpha value is -0.840. The quantitative estimate of drug-likeness (QED) is 0.789. The van der Waals surface area contributed by atoms with E-state index in [0.29, 0.717) is 6.61 Å². The molecule has 4 heteroatoms. The van der Waals surface area contributed by atoms with Crippen molar-refractivity contribution in [2.75, 3.05) is 6.61 Å². The Kier molecular flexibility index (Phi) is 5.24. The van der Waals surface area contributed by atoms with Crippen molar-refractivity contribution in [3.63, 3.8) is 0 Å². The van der Waals surface area contributed by atoms with Crippen LogP contribution in [0.5, 0.6) is 5.75 Å². The summed E-state index contributed by atoms with van der Waals surface area (Å²) in [5.74, 6) is 0.848. The van der Waals surface area contributed by atoms with Gasteiger partial charge in [0.1, 0.15) is 5.75 Å². The zero-order valence-corrected chi connectivity index (χ0v) is 14.7. The molecule has 106 valence electrons. The van der Waals surface area contributed by atoms with E-state index in [9.17, 15) is 0 Å². The molecular formula is C16H17Br2NO. The van der Waals surface area contributed by atoms with E-state index in [0.717, 1.165) is 25.8 Å². The first-order valence-corrected chi connectivity index (χ1v) is 8.06. The fraction of sp³-hybridized carbons (Fsp3) is 0.250. The normalized spacial score (nSPS) is 12.2. The van der Waals surface area contributed by atoms with Crippen molar-refractivity contribution in [1.82, 2.24) is 0 Å². The van der Waals surface area contributed by atoms with Crippen LogP contribution < -0.4 is 10.5 Å². The molecule has 20 heavy (non-hydrogen) atoms. The molecule has 1 atom stereocenters. The van der Waals surface area contributed by atoms with Gasteiger partial charge in [0.25, 0.3) is 0 Å². The first kappa shape index (κ1) is 15.5. The molecule has 2 aromatic carbocycles. The van der Waals surface area contributed by atoms with Crippen LogP contribution in [0, 0.1) is 6.92 Å². The maximum Gasteiger partial charge on any atom is 0.120 e. The van der Waals surface area contributed by atoms with Crippen molar-refractivity contribution >= 4 is 31.9 Å². The molecule has 0 amide bonds. The molecule has 2 aromatic rings. The fourth-order valence-electron chi connectivity index (χ4n) is 2.15. The molecular weight excluding hydrogens is 382 g/mol. The Morgan fingerprint density at radius 2 is 1.85 bits per heavy atom. The minimum absolute atomic E-state index is 0.169. The maximum atomic E-state index is 6.42. The molecule has 0 saturated heterocycles. The van der Waals surface area contributed by atoms with Crippen molar-refractivity contribution in [3.05, 3.63) is 62.0 Å². The summed E-state index contributed by atoms with van der Waals surface area (Å²) in [6.07, 6.45) is 0. The lowest BCUT2D eigenvalue weighted by Crippen LogP contribution is -2.14. The van der Waals surface area contributed by atoms with Gasteiger partial charge in [0, 0.05) is 8.95 Å². The number of ether oxygens (including phenoxy) is 1. The highest BCUT2D eigenvalue weighted by molar-refractivity contribution is 9.10. The Morgan fingerprint density at radius 1 is 1.10 bits per heavy atom. The molecule has 0 bridgehead atoms. The predicted molar refractivity (Wildman–Crippen MR) is 90.2 cm³/mol. The van der Waals surface area contributed by atoms with Crippen LogP contribution in [0.1, 0.15) is 29.7 Å². The van der Waals surface area contributed by atoms with Crippen LogP contribution in [0.15, 0.2) is 45.3 Å². The lowest BCUT2D eigenvalue weighted by molar-refractivity contribution is 0.340. The Morgan fingerprint density at radius 3 is 2.50 bits per heavy atom. The molecule has 0 aliphatic heterocycles. The van der Waals surface area contributed by atoms with Gasteiger partial charge in [0.05, 0.1) is 12.6 Å². The van der Waals surface area contributed by atoms with E-state index in [2.05, 4.69) is 44.8 Å². The predicted octanol–water partition coefficient (Wildman–Crippen LogP) is 4.97. The largest absolute Gasteiger partial charge is 0.494 e. The molecule has 2 nitrogen and oxygen atoms in total. The summed E-state index contributed by atoms with van der Waals surface area (Å²) in [5, 5.41) is 0. The third-order valence-corrected chi connectivity index (χ3v) is 4.81. The van der Waals surface area contributed by atoms with Crippen molar-refractivity contribution in [2.45, 2.75) is 19.9 Å².